The third-order valence-electron chi connectivity index (χ3n) is 8.75. The highest BCUT2D eigenvalue weighted by atomic mass is 35.6. The number of anilines is 2. The summed E-state index contributed by atoms with van der Waals surface area (Å²) in [6.45, 7) is 26.8. The van der Waals surface area contributed by atoms with Crippen molar-refractivity contribution in [3.8, 4) is 0 Å². The van der Waals surface area contributed by atoms with E-state index in [-0.39, 0.29) is 16.6 Å². The molecule has 0 bridgehead atoms. The van der Waals surface area contributed by atoms with Gasteiger partial charge in [0.1, 0.15) is 11.7 Å². The van der Waals surface area contributed by atoms with Gasteiger partial charge in [0.15, 0.2) is 0 Å². The van der Waals surface area contributed by atoms with E-state index in [1.807, 2.05) is 0 Å². The summed E-state index contributed by atoms with van der Waals surface area (Å²) in [4.78, 5) is 11.0. The molecule has 1 atom stereocenters. The fraction of sp³-hybridized carbons (Fsp3) is 0.381. The Labute approximate surface area is 314 Å². The minimum absolute atomic E-state index is 0.294. The molecular formula is C42H54ClN6Si2. The number of para-hydroxylation sites is 2. The van der Waals surface area contributed by atoms with Gasteiger partial charge in [0.25, 0.3) is 0 Å². The number of rotatable bonds is 4. The molecule has 267 valence electrons. The first kappa shape index (κ1) is 36.9. The number of hydrogen-bond acceptors (Lipinski definition) is 4. The monoisotopic (exact) mass is 733 g/mol. The van der Waals surface area contributed by atoms with Gasteiger partial charge in [0.05, 0.1) is 22.5 Å². The van der Waals surface area contributed by atoms with Crippen molar-refractivity contribution in [3.63, 3.8) is 0 Å². The quantitative estimate of drug-likeness (QED) is 0.0911. The highest BCUT2D eigenvalue weighted by molar-refractivity contribution is 7.30. The van der Waals surface area contributed by atoms with Gasteiger partial charge in [-0.2, -0.15) is 0 Å². The van der Waals surface area contributed by atoms with E-state index in [4.69, 9.17) is 21.1 Å². The fourth-order valence-corrected chi connectivity index (χ4v) is 17.0. The Morgan fingerprint density at radius 3 is 1.53 bits per heavy atom. The van der Waals surface area contributed by atoms with Gasteiger partial charge in [-0.15, -0.1) is 11.1 Å². The highest BCUT2D eigenvalue weighted by Crippen LogP contribution is 2.46. The van der Waals surface area contributed by atoms with Crippen LogP contribution in [0.2, 0.25) is 0 Å². The van der Waals surface area contributed by atoms with Gasteiger partial charge in [0, 0.05) is 32.6 Å². The molecule has 1 unspecified atom stereocenters. The zero-order valence-electron chi connectivity index (χ0n) is 32.5. The minimum Gasteiger partial charge on any atom is -0.356 e. The largest absolute Gasteiger partial charge is 0.422 e. The lowest BCUT2D eigenvalue weighted by molar-refractivity contribution is 0.344. The maximum Gasteiger partial charge on any atom is 0.422 e. The topological polar surface area (TPSA) is 37.7 Å². The summed E-state index contributed by atoms with van der Waals surface area (Å²) in [6, 6.07) is 39.0. The van der Waals surface area contributed by atoms with E-state index in [2.05, 4.69) is 211 Å². The van der Waals surface area contributed by atoms with E-state index in [0.29, 0.717) is 0 Å². The van der Waals surface area contributed by atoms with Crippen molar-refractivity contribution >= 4 is 61.3 Å². The predicted molar refractivity (Wildman–Crippen MR) is 223 cm³/mol. The van der Waals surface area contributed by atoms with Gasteiger partial charge < -0.3 is 9.13 Å². The van der Waals surface area contributed by atoms with Crippen molar-refractivity contribution in [1.82, 2.24) is 9.13 Å². The summed E-state index contributed by atoms with van der Waals surface area (Å²) in [5.74, 6) is 1.92. The van der Waals surface area contributed by atoms with Crippen LogP contribution in [0.1, 0.15) is 94.2 Å². The molecule has 0 N–H and O–H groups in total. The fourth-order valence-electron chi connectivity index (χ4n) is 7.09. The Bertz CT molecular complexity index is 1940. The van der Waals surface area contributed by atoms with E-state index in [1.165, 1.54) is 10.4 Å². The number of benzene rings is 4. The third-order valence-corrected chi connectivity index (χ3v) is 17.2. The molecule has 4 aromatic carbocycles. The number of hydrogen-bond donors (Lipinski definition) is 0. The maximum atomic E-state index is 8.68. The van der Waals surface area contributed by atoms with Crippen LogP contribution in [-0.4, -0.2) is 59.8 Å². The van der Waals surface area contributed by atoms with Crippen molar-refractivity contribution in [1.29, 1.82) is 0 Å². The molecule has 2 heterocycles. The van der Waals surface area contributed by atoms with Gasteiger partial charge in [0.2, 0.25) is 0 Å². The summed E-state index contributed by atoms with van der Waals surface area (Å²) in [7, 11) is -5.21. The van der Waals surface area contributed by atoms with Crippen LogP contribution in [0, 0.1) is 0 Å². The molecule has 2 aliphatic rings. The Morgan fingerprint density at radius 2 is 1.02 bits per heavy atom. The second-order valence-corrected chi connectivity index (χ2v) is 23.7. The molecule has 4 aromatic rings. The molecule has 0 saturated carbocycles. The van der Waals surface area contributed by atoms with Gasteiger partial charge in [-0.05, 0) is 95.2 Å². The average molecular weight is 735 g/mol. The third kappa shape index (κ3) is 6.90. The second-order valence-electron chi connectivity index (χ2n) is 17.5. The zero-order chi connectivity index (χ0) is 37.1. The normalized spacial score (nSPS) is 18.5. The van der Waals surface area contributed by atoms with E-state index in [0.717, 1.165) is 34.2 Å². The minimum atomic E-state index is -3.41. The molecule has 9 heteroatoms. The number of aliphatic imine (C=N–C) groups is 2. The smallest absolute Gasteiger partial charge is 0.356 e. The van der Waals surface area contributed by atoms with E-state index in [1.54, 1.807) is 0 Å². The zero-order valence-corrected chi connectivity index (χ0v) is 35.2. The van der Waals surface area contributed by atoms with Crippen LogP contribution >= 0.6 is 11.1 Å². The molecule has 0 amide bonds. The molecule has 0 spiro atoms. The van der Waals surface area contributed by atoms with Crippen LogP contribution in [0.25, 0.3) is 0 Å². The first-order chi connectivity index (χ1) is 23.7. The van der Waals surface area contributed by atoms with E-state index in [9.17, 15) is 0 Å². The first-order valence-electron chi connectivity index (χ1n) is 18.0. The van der Waals surface area contributed by atoms with E-state index < -0.39 is 22.4 Å². The molecule has 2 aliphatic heterocycles. The molecule has 6 nitrogen and oxygen atoms in total. The van der Waals surface area contributed by atoms with E-state index >= 15 is 0 Å². The van der Waals surface area contributed by atoms with Crippen molar-refractivity contribution in [2.75, 3.05) is 9.35 Å². The Morgan fingerprint density at radius 1 is 0.569 bits per heavy atom. The summed E-state index contributed by atoms with van der Waals surface area (Å²) < 4.78 is 10.2. The number of fused-ring (bicyclic) bond motifs is 5. The van der Waals surface area contributed by atoms with Gasteiger partial charge in [-0.1, -0.05) is 97.1 Å². The Hall–Kier alpha value is -3.86. The number of hydrazine groups is 1. The van der Waals surface area contributed by atoms with Crippen LogP contribution in [0.15, 0.2) is 119 Å². The van der Waals surface area contributed by atoms with Crippen molar-refractivity contribution in [2.45, 2.75) is 105 Å². The number of halogens is 1. The first-order valence-corrected chi connectivity index (χ1v) is 22.3. The molecule has 0 aromatic heterocycles. The average Bonchev–Trinajstić information content (AvgIpc) is 3.50. The maximum absolute atomic E-state index is 8.68. The summed E-state index contributed by atoms with van der Waals surface area (Å²) >= 11 is 8.68. The predicted octanol–water partition coefficient (Wildman–Crippen LogP) is 8.71. The summed E-state index contributed by atoms with van der Waals surface area (Å²) in [5.41, 5.74) is 3.13. The van der Waals surface area contributed by atoms with Crippen molar-refractivity contribution in [3.05, 3.63) is 120 Å². The molecular weight excluding hydrogens is 680 g/mol. The van der Waals surface area contributed by atoms with Crippen LogP contribution in [0.5, 0.6) is 0 Å². The van der Waals surface area contributed by atoms with Gasteiger partial charge in [-0.25, -0.2) is 0 Å². The number of nitrogens with zero attached hydrogens (tertiary/aromatic N) is 6. The van der Waals surface area contributed by atoms with Crippen molar-refractivity contribution < 1.29 is 0 Å². The van der Waals surface area contributed by atoms with Gasteiger partial charge >= 0.3 is 16.8 Å². The molecule has 6 rings (SSSR count). The molecule has 0 saturated heterocycles. The van der Waals surface area contributed by atoms with Crippen LogP contribution in [-0.2, 0) is 0 Å². The second kappa shape index (κ2) is 13.0. The number of amidine groups is 2. The standard InChI is InChI=1S/C42H54ClN6Si2/c1-39(2,3)44-37(31-23-15-13-16-24-31)46(41(7,8)9)50-35-29-21-19-27-33(35)49-48(50)34-28-20-22-30-36(34)51(49,43)47(42(10,11)12)38(45-40(4,5)6)32-25-17-14-18-26-32/h13-30H,1-12H3. The Balaban J connectivity index is 1.69. The van der Waals surface area contributed by atoms with Crippen LogP contribution in [0.4, 0.5) is 11.4 Å². The lowest BCUT2D eigenvalue weighted by Crippen LogP contribution is -2.75. The molecule has 0 fully saturated rings. The lowest BCUT2D eigenvalue weighted by atomic mass is 10.1. The highest BCUT2D eigenvalue weighted by Gasteiger charge is 2.66. The summed E-state index contributed by atoms with van der Waals surface area (Å²) in [6.07, 6.45) is 0. The molecule has 51 heavy (non-hydrogen) atoms. The van der Waals surface area contributed by atoms with Gasteiger partial charge in [-0.3, -0.25) is 19.3 Å². The van der Waals surface area contributed by atoms with Crippen molar-refractivity contribution in [2.24, 2.45) is 9.98 Å². The van der Waals surface area contributed by atoms with Crippen LogP contribution < -0.4 is 19.7 Å². The molecule has 0 aliphatic carbocycles. The molecule has 1 radical (unpaired) electrons. The summed E-state index contributed by atoms with van der Waals surface area (Å²) in [5, 5.41) is 2.46. The lowest BCUT2D eigenvalue weighted by Gasteiger charge is -2.51. The Kier molecular flexibility index (Phi) is 9.39. The van der Waals surface area contributed by atoms with Crippen LogP contribution in [0.3, 0.4) is 0 Å². The SMILES string of the molecule is CC(C)(C)N=C(c1ccccc1)N([Si]1c2ccccc2N2N1c1ccccc1[Si]2(Cl)N(C(=NC(C)(C)C)c1ccccc1)C(C)(C)C)C(C)(C)C.